The van der Waals surface area contributed by atoms with Crippen LogP contribution in [-0.2, 0) is 6.42 Å². The number of hydrogen-bond donors (Lipinski definition) is 1. The van der Waals surface area contributed by atoms with E-state index in [1.807, 2.05) is 6.07 Å². The maximum Gasteiger partial charge on any atom is 0.163 e. The van der Waals surface area contributed by atoms with Crippen molar-refractivity contribution in [3.8, 4) is 11.5 Å². The molecule has 1 N–H and O–H groups in total. The smallest absolute Gasteiger partial charge is 0.163 e. The molecule has 0 aliphatic carbocycles. The van der Waals surface area contributed by atoms with Crippen LogP contribution in [0.4, 0.5) is 0 Å². The highest BCUT2D eigenvalue weighted by molar-refractivity contribution is 5.98. The van der Waals surface area contributed by atoms with Crippen molar-refractivity contribution in [2.45, 2.75) is 33.1 Å². The van der Waals surface area contributed by atoms with Gasteiger partial charge >= 0.3 is 0 Å². The number of hydrogen-bond acceptors (Lipinski definition) is 3. The zero-order valence-corrected chi connectivity index (χ0v) is 10.0. The average molecular weight is 222 g/mol. The van der Waals surface area contributed by atoms with E-state index in [4.69, 9.17) is 4.74 Å². The standard InChI is InChI=1S/C13H18O3/c1-4-5-6-10-7-11(16-3)8-12(15)13(10)9(2)14/h7-8,15H,4-6H2,1-3H3. The molecular formula is C13H18O3. The molecule has 0 atom stereocenters. The molecule has 1 aromatic carbocycles. The van der Waals surface area contributed by atoms with Gasteiger partial charge in [0, 0.05) is 6.07 Å². The number of ketones is 1. The number of Topliss-reactive ketones (excluding diaryl/α,β-unsaturated/α-hetero) is 1. The molecule has 0 heterocycles. The van der Waals surface area contributed by atoms with Crippen LogP contribution in [0.3, 0.4) is 0 Å². The lowest BCUT2D eigenvalue weighted by Crippen LogP contribution is -2.01. The van der Waals surface area contributed by atoms with Crippen LogP contribution < -0.4 is 4.74 Å². The van der Waals surface area contributed by atoms with Crippen LogP contribution in [0.2, 0.25) is 0 Å². The molecule has 0 amide bonds. The van der Waals surface area contributed by atoms with E-state index in [0.29, 0.717) is 11.3 Å². The van der Waals surface area contributed by atoms with E-state index >= 15 is 0 Å². The van der Waals surface area contributed by atoms with Crippen LogP contribution in [0.5, 0.6) is 11.5 Å². The summed E-state index contributed by atoms with van der Waals surface area (Å²) in [6, 6.07) is 3.30. The lowest BCUT2D eigenvalue weighted by molar-refractivity contribution is 0.101. The van der Waals surface area contributed by atoms with E-state index < -0.39 is 0 Å². The fourth-order valence-electron chi connectivity index (χ4n) is 1.75. The number of phenolic OH excluding ortho intramolecular Hbond substituents is 1. The molecule has 3 nitrogen and oxygen atoms in total. The van der Waals surface area contributed by atoms with Gasteiger partial charge in [-0.15, -0.1) is 0 Å². The molecule has 0 aliphatic rings. The SMILES string of the molecule is CCCCc1cc(OC)cc(O)c1C(C)=O. The maximum absolute atomic E-state index is 11.4. The molecule has 0 aliphatic heterocycles. The Hall–Kier alpha value is -1.51. The average Bonchev–Trinajstić information content (AvgIpc) is 2.24. The minimum absolute atomic E-state index is 0.0120. The van der Waals surface area contributed by atoms with Crippen molar-refractivity contribution in [1.82, 2.24) is 0 Å². The van der Waals surface area contributed by atoms with Crippen molar-refractivity contribution in [1.29, 1.82) is 0 Å². The highest BCUT2D eigenvalue weighted by Gasteiger charge is 2.14. The third-order valence-electron chi connectivity index (χ3n) is 2.56. The van der Waals surface area contributed by atoms with Crippen LogP contribution in [0.25, 0.3) is 0 Å². The molecule has 0 radical (unpaired) electrons. The number of ether oxygens (including phenoxy) is 1. The first-order valence-electron chi connectivity index (χ1n) is 5.51. The van der Waals surface area contributed by atoms with Gasteiger partial charge in [-0.3, -0.25) is 4.79 Å². The molecule has 0 saturated carbocycles. The Kier molecular flexibility index (Phi) is 4.35. The second kappa shape index (κ2) is 5.54. The highest BCUT2D eigenvalue weighted by Crippen LogP contribution is 2.29. The fraction of sp³-hybridized carbons (Fsp3) is 0.462. The maximum atomic E-state index is 11.4. The van der Waals surface area contributed by atoms with Gasteiger partial charge in [-0.25, -0.2) is 0 Å². The van der Waals surface area contributed by atoms with Crippen LogP contribution in [-0.4, -0.2) is 18.0 Å². The summed E-state index contributed by atoms with van der Waals surface area (Å²) in [6.07, 6.45) is 2.83. The number of phenols is 1. The van der Waals surface area contributed by atoms with Crippen LogP contribution in [0, 0.1) is 0 Å². The molecule has 1 rings (SSSR count). The number of aromatic hydroxyl groups is 1. The quantitative estimate of drug-likeness (QED) is 0.779. The summed E-state index contributed by atoms with van der Waals surface area (Å²) in [6.45, 7) is 3.56. The van der Waals surface area contributed by atoms with Gasteiger partial charge in [-0.05, 0) is 31.4 Å². The number of benzene rings is 1. The molecule has 88 valence electrons. The summed E-state index contributed by atoms with van der Waals surface area (Å²) in [7, 11) is 1.55. The Bertz CT molecular complexity index is 383. The zero-order valence-electron chi connectivity index (χ0n) is 10.0. The molecular weight excluding hydrogens is 204 g/mol. The fourth-order valence-corrected chi connectivity index (χ4v) is 1.75. The molecule has 1 aromatic rings. The second-order valence-corrected chi connectivity index (χ2v) is 3.84. The van der Waals surface area contributed by atoms with Gasteiger partial charge in [-0.2, -0.15) is 0 Å². The molecule has 16 heavy (non-hydrogen) atoms. The first-order valence-corrected chi connectivity index (χ1v) is 5.51. The molecule has 0 spiro atoms. The Morgan fingerprint density at radius 1 is 1.44 bits per heavy atom. The highest BCUT2D eigenvalue weighted by atomic mass is 16.5. The van der Waals surface area contributed by atoms with Gasteiger partial charge < -0.3 is 9.84 Å². The molecule has 0 aromatic heterocycles. The topological polar surface area (TPSA) is 46.5 Å². The van der Waals surface area contributed by atoms with Gasteiger partial charge in [0.1, 0.15) is 11.5 Å². The van der Waals surface area contributed by atoms with Crippen molar-refractivity contribution < 1.29 is 14.6 Å². The van der Waals surface area contributed by atoms with Crippen molar-refractivity contribution in [3.05, 3.63) is 23.3 Å². The van der Waals surface area contributed by atoms with Gasteiger partial charge in [0.2, 0.25) is 0 Å². The van der Waals surface area contributed by atoms with Crippen molar-refractivity contribution in [2.75, 3.05) is 7.11 Å². The first kappa shape index (κ1) is 12.6. The number of rotatable bonds is 5. The summed E-state index contributed by atoms with van der Waals surface area (Å²) in [5.41, 5.74) is 1.29. The number of aryl methyl sites for hydroxylation is 1. The predicted molar refractivity (Wildman–Crippen MR) is 63.3 cm³/mol. The normalized spacial score (nSPS) is 10.2. The largest absolute Gasteiger partial charge is 0.507 e. The molecule has 0 saturated heterocycles. The van der Waals surface area contributed by atoms with E-state index in [2.05, 4.69) is 6.92 Å². The molecule has 0 fully saturated rings. The summed E-state index contributed by atoms with van der Waals surface area (Å²) < 4.78 is 5.08. The Morgan fingerprint density at radius 2 is 2.12 bits per heavy atom. The van der Waals surface area contributed by atoms with Gasteiger partial charge in [-0.1, -0.05) is 13.3 Å². The van der Waals surface area contributed by atoms with Crippen LogP contribution in [0.15, 0.2) is 12.1 Å². The van der Waals surface area contributed by atoms with E-state index in [9.17, 15) is 9.90 Å². The monoisotopic (exact) mass is 222 g/mol. The number of carbonyl (C=O) groups is 1. The predicted octanol–water partition coefficient (Wildman–Crippen LogP) is 2.95. The van der Waals surface area contributed by atoms with E-state index in [1.165, 1.54) is 13.0 Å². The van der Waals surface area contributed by atoms with Gasteiger partial charge in [0.05, 0.1) is 12.7 Å². The molecule has 0 bridgehead atoms. The Morgan fingerprint density at radius 3 is 2.62 bits per heavy atom. The van der Waals surface area contributed by atoms with Crippen molar-refractivity contribution >= 4 is 5.78 Å². The second-order valence-electron chi connectivity index (χ2n) is 3.84. The zero-order chi connectivity index (χ0) is 12.1. The Labute approximate surface area is 96.1 Å². The summed E-state index contributed by atoms with van der Waals surface area (Å²) in [5.74, 6) is 0.498. The number of methoxy groups -OCH3 is 1. The Balaban J connectivity index is 3.17. The molecule has 0 unspecified atom stereocenters. The van der Waals surface area contributed by atoms with Crippen molar-refractivity contribution in [3.63, 3.8) is 0 Å². The summed E-state index contributed by atoms with van der Waals surface area (Å²) >= 11 is 0. The number of carbonyl (C=O) groups excluding carboxylic acids is 1. The third-order valence-corrected chi connectivity index (χ3v) is 2.56. The first-order chi connectivity index (χ1) is 7.60. The van der Waals surface area contributed by atoms with Gasteiger partial charge in [0.25, 0.3) is 0 Å². The molecule has 3 heteroatoms. The van der Waals surface area contributed by atoms with Crippen LogP contribution in [0.1, 0.15) is 42.6 Å². The van der Waals surface area contributed by atoms with Crippen LogP contribution >= 0.6 is 0 Å². The third kappa shape index (κ3) is 2.75. The lowest BCUT2D eigenvalue weighted by Gasteiger charge is -2.11. The summed E-state index contributed by atoms with van der Waals surface area (Å²) in [5, 5.41) is 9.77. The minimum Gasteiger partial charge on any atom is -0.507 e. The van der Waals surface area contributed by atoms with E-state index in [-0.39, 0.29) is 11.5 Å². The number of unbranched alkanes of at least 4 members (excludes halogenated alkanes) is 1. The van der Waals surface area contributed by atoms with Crippen molar-refractivity contribution in [2.24, 2.45) is 0 Å². The summed E-state index contributed by atoms with van der Waals surface area (Å²) in [4.78, 5) is 11.4. The van der Waals surface area contributed by atoms with E-state index in [0.717, 1.165) is 24.8 Å². The lowest BCUT2D eigenvalue weighted by atomic mass is 9.98. The van der Waals surface area contributed by atoms with E-state index in [1.54, 1.807) is 7.11 Å². The van der Waals surface area contributed by atoms with Gasteiger partial charge in [0.15, 0.2) is 5.78 Å². The minimum atomic E-state index is -0.105.